The van der Waals surface area contributed by atoms with Crippen LogP contribution in [0, 0.1) is 5.92 Å². The molecule has 0 bridgehead atoms. The van der Waals surface area contributed by atoms with E-state index in [1.54, 1.807) is 6.07 Å². The Morgan fingerprint density at radius 2 is 1.75 bits per heavy atom. The van der Waals surface area contributed by atoms with Crippen molar-refractivity contribution in [3.05, 3.63) is 82.2 Å². The number of rotatable bonds is 7. The van der Waals surface area contributed by atoms with Crippen molar-refractivity contribution >= 4 is 67.9 Å². The predicted octanol–water partition coefficient (Wildman–Crippen LogP) is 4.24. The first-order chi connectivity index (χ1) is 17.2. The number of anilines is 3. The van der Waals surface area contributed by atoms with Crippen molar-refractivity contribution in [1.82, 2.24) is 4.72 Å². The first kappa shape index (κ1) is 24.0. The number of carbonyl (C=O) groups is 3. The van der Waals surface area contributed by atoms with E-state index in [0.717, 1.165) is 28.5 Å². The number of fused-ring (bicyclic) bond motifs is 1. The highest BCUT2D eigenvalue weighted by Gasteiger charge is 2.32. The molecule has 2 aromatic carbocycles. The molecule has 2 aliphatic rings. The maximum Gasteiger partial charge on any atom is 0.333 e. The molecule has 4 amide bonds. The smallest absolute Gasteiger partial charge is 0.333 e. The van der Waals surface area contributed by atoms with E-state index in [0.29, 0.717) is 22.7 Å². The second-order valence-electron chi connectivity index (χ2n) is 8.18. The van der Waals surface area contributed by atoms with E-state index in [1.807, 2.05) is 16.9 Å². The molecule has 1 aliphatic heterocycles. The van der Waals surface area contributed by atoms with Crippen LogP contribution in [0.2, 0.25) is 4.34 Å². The van der Waals surface area contributed by atoms with Crippen LogP contribution in [0.25, 0.3) is 0 Å². The van der Waals surface area contributed by atoms with Crippen molar-refractivity contribution in [2.75, 3.05) is 22.1 Å². The van der Waals surface area contributed by atoms with Gasteiger partial charge in [0.05, 0.1) is 16.4 Å². The molecule has 0 radical (unpaired) electrons. The Morgan fingerprint density at radius 3 is 2.42 bits per heavy atom. The molecule has 3 N–H and O–H groups in total. The van der Waals surface area contributed by atoms with Crippen LogP contribution in [-0.4, -0.2) is 32.8 Å². The van der Waals surface area contributed by atoms with Gasteiger partial charge in [0.15, 0.2) is 0 Å². The van der Waals surface area contributed by atoms with Gasteiger partial charge in [-0.15, -0.1) is 11.3 Å². The molecule has 9 nitrogen and oxygen atoms in total. The SMILES string of the molecule is O=C(Nc1ccc(N2C(=O)Cc3cc(NCC4C=C4)ccc3C2=O)cc1)NS(=O)(=O)c1ccc(Cl)s1. The molecule has 0 spiro atoms. The highest BCUT2D eigenvalue weighted by Crippen LogP contribution is 2.29. The van der Waals surface area contributed by atoms with Crippen LogP contribution in [-0.2, 0) is 21.2 Å². The van der Waals surface area contributed by atoms with Gasteiger partial charge in [-0.1, -0.05) is 23.8 Å². The summed E-state index contributed by atoms with van der Waals surface area (Å²) in [5.74, 6) is -0.351. The molecule has 0 atom stereocenters. The lowest BCUT2D eigenvalue weighted by Gasteiger charge is -2.27. The summed E-state index contributed by atoms with van der Waals surface area (Å²) in [6, 6.07) is 13.1. The monoisotopic (exact) mass is 542 g/mol. The Kier molecular flexibility index (Phi) is 6.29. The third-order valence-electron chi connectivity index (χ3n) is 5.56. The number of nitrogens with one attached hydrogen (secondary N) is 3. The molecule has 1 aliphatic carbocycles. The summed E-state index contributed by atoms with van der Waals surface area (Å²) in [5, 5.41) is 5.71. The molecule has 1 aromatic heterocycles. The fourth-order valence-electron chi connectivity index (χ4n) is 3.71. The van der Waals surface area contributed by atoms with Crippen LogP contribution in [0.3, 0.4) is 0 Å². The number of imide groups is 1. The van der Waals surface area contributed by atoms with Gasteiger partial charge in [0.1, 0.15) is 4.21 Å². The van der Waals surface area contributed by atoms with Gasteiger partial charge >= 0.3 is 6.03 Å². The van der Waals surface area contributed by atoms with Crippen molar-refractivity contribution < 1.29 is 22.8 Å². The highest BCUT2D eigenvalue weighted by atomic mass is 35.5. The number of sulfonamides is 1. The lowest BCUT2D eigenvalue weighted by atomic mass is 9.97. The van der Waals surface area contributed by atoms with Gasteiger partial charge in [-0.2, -0.15) is 0 Å². The number of urea groups is 1. The number of amides is 4. The van der Waals surface area contributed by atoms with Gasteiger partial charge < -0.3 is 10.6 Å². The number of hydrogen-bond acceptors (Lipinski definition) is 7. The number of benzene rings is 2. The van der Waals surface area contributed by atoms with Crippen molar-refractivity contribution in [1.29, 1.82) is 0 Å². The van der Waals surface area contributed by atoms with E-state index in [-0.39, 0.29) is 26.6 Å². The molecule has 0 saturated heterocycles. The Balaban J connectivity index is 1.25. The van der Waals surface area contributed by atoms with E-state index in [9.17, 15) is 22.8 Å². The van der Waals surface area contributed by atoms with E-state index >= 15 is 0 Å². The Hall–Kier alpha value is -3.67. The summed E-state index contributed by atoms with van der Waals surface area (Å²) >= 11 is 6.58. The quantitative estimate of drug-likeness (QED) is 0.303. The molecule has 12 heteroatoms. The maximum absolute atomic E-state index is 13.1. The van der Waals surface area contributed by atoms with Gasteiger partial charge in [0, 0.05) is 29.4 Å². The van der Waals surface area contributed by atoms with Crippen LogP contribution >= 0.6 is 22.9 Å². The van der Waals surface area contributed by atoms with Crippen molar-refractivity contribution in [3.63, 3.8) is 0 Å². The summed E-state index contributed by atoms with van der Waals surface area (Å²) in [7, 11) is -4.07. The second kappa shape index (κ2) is 9.41. The van der Waals surface area contributed by atoms with Crippen molar-refractivity contribution in [2.24, 2.45) is 5.92 Å². The fourth-order valence-corrected chi connectivity index (χ4v) is 6.10. The van der Waals surface area contributed by atoms with Gasteiger partial charge in [-0.3, -0.25) is 9.59 Å². The summed E-state index contributed by atoms with van der Waals surface area (Å²) in [6.07, 6.45) is 4.26. The molecule has 5 rings (SSSR count). The number of nitrogens with zero attached hydrogens (tertiary/aromatic N) is 1. The number of thiophene rings is 1. The summed E-state index contributed by atoms with van der Waals surface area (Å²) < 4.78 is 26.6. The third-order valence-corrected chi connectivity index (χ3v) is 8.61. The molecule has 0 saturated carbocycles. The van der Waals surface area contributed by atoms with E-state index in [1.165, 1.54) is 36.4 Å². The molecule has 3 aromatic rings. The minimum Gasteiger partial charge on any atom is -0.384 e. The minimum atomic E-state index is -4.07. The average molecular weight is 543 g/mol. The molecule has 184 valence electrons. The third kappa shape index (κ3) is 5.13. The lowest BCUT2D eigenvalue weighted by Crippen LogP contribution is -2.42. The zero-order valence-electron chi connectivity index (χ0n) is 18.5. The molecule has 2 heterocycles. The largest absolute Gasteiger partial charge is 0.384 e. The molecule has 0 unspecified atom stereocenters. The van der Waals surface area contributed by atoms with Gasteiger partial charge in [0.2, 0.25) is 5.91 Å². The van der Waals surface area contributed by atoms with Crippen LogP contribution in [0.1, 0.15) is 15.9 Å². The number of hydrogen-bond donors (Lipinski definition) is 3. The normalized spacial score (nSPS) is 15.0. The zero-order valence-corrected chi connectivity index (χ0v) is 20.9. The molecule has 0 fully saturated rings. The van der Waals surface area contributed by atoms with Crippen molar-refractivity contribution in [2.45, 2.75) is 10.6 Å². The van der Waals surface area contributed by atoms with Crippen LogP contribution in [0.5, 0.6) is 0 Å². The molecular formula is C24H19ClN4O5S2. The number of carbonyl (C=O) groups excluding carboxylic acids is 3. The first-order valence-electron chi connectivity index (χ1n) is 10.8. The van der Waals surface area contributed by atoms with Gasteiger partial charge in [0.25, 0.3) is 15.9 Å². The Labute approximate surface area is 215 Å². The average Bonchev–Trinajstić information content (AvgIpc) is 3.55. The van der Waals surface area contributed by atoms with Crippen molar-refractivity contribution in [3.8, 4) is 0 Å². The summed E-state index contributed by atoms with van der Waals surface area (Å²) in [4.78, 5) is 39.2. The summed E-state index contributed by atoms with van der Waals surface area (Å²) in [6.45, 7) is 0.777. The van der Waals surface area contributed by atoms with E-state index in [2.05, 4.69) is 22.8 Å². The highest BCUT2D eigenvalue weighted by molar-refractivity contribution is 7.92. The summed E-state index contributed by atoms with van der Waals surface area (Å²) in [5.41, 5.74) is 2.58. The van der Waals surface area contributed by atoms with Gasteiger partial charge in [-0.05, 0) is 60.2 Å². The zero-order chi connectivity index (χ0) is 25.4. The predicted molar refractivity (Wildman–Crippen MR) is 138 cm³/mol. The minimum absolute atomic E-state index is 0.0747. The Morgan fingerprint density at radius 1 is 1.03 bits per heavy atom. The van der Waals surface area contributed by atoms with Crippen LogP contribution < -0.4 is 20.3 Å². The van der Waals surface area contributed by atoms with Crippen LogP contribution in [0.15, 0.2) is 71.0 Å². The van der Waals surface area contributed by atoms with E-state index in [4.69, 9.17) is 11.6 Å². The number of halogens is 1. The maximum atomic E-state index is 13.1. The van der Waals surface area contributed by atoms with Gasteiger partial charge in [-0.25, -0.2) is 22.8 Å². The molecule has 36 heavy (non-hydrogen) atoms. The van der Waals surface area contributed by atoms with Crippen LogP contribution in [0.4, 0.5) is 21.9 Å². The topological polar surface area (TPSA) is 125 Å². The Bertz CT molecular complexity index is 1510. The fraction of sp³-hybridized carbons (Fsp3) is 0.125. The second-order valence-corrected chi connectivity index (χ2v) is 11.8. The molecular weight excluding hydrogens is 524 g/mol. The standard InChI is InChI=1S/C24H19ClN4O5S2/c25-20-9-10-22(35-20)36(33,34)28-24(32)27-16-3-6-18(7-4-16)29-21(30)12-15-11-17(26-13-14-1-2-14)5-8-19(15)23(29)31/h1-11,14,26H,12-13H2,(H2,27,28,32). The van der Waals surface area contributed by atoms with E-state index < -0.39 is 22.0 Å². The lowest BCUT2D eigenvalue weighted by molar-refractivity contribution is -0.117. The first-order valence-corrected chi connectivity index (χ1v) is 13.5.